The van der Waals surface area contributed by atoms with Crippen molar-refractivity contribution in [1.29, 1.82) is 0 Å². The molecule has 1 rings (SSSR count). The molecule has 3 N–H and O–H groups in total. The lowest BCUT2D eigenvalue weighted by Crippen LogP contribution is -2.10. The molecule has 94 valence electrons. The van der Waals surface area contributed by atoms with Crippen LogP contribution in [0.15, 0.2) is 0 Å². The van der Waals surface area contributed by atoms with Gasteiger partial charge in [0.1, 0.15) is 11.3 Å². The van der Waals surface area contributed by atoms with Gasteiger partial charge in [-0.2, -0.15) is 0 Å². The summed E-state index contributed by atoms with van der Waals surface area (Å²) in [5, 5.41) is 0. The largest absolute Gasteiger partial charge is 0.462 e. The van der Waals surface area contributed by atoms with Crippen LogP contribution in [0.25, 0.3) is 0 Å². The molecule has 0 spiro atoms. The Labute approximate surface area is 99.1 Å². The van der Waals surface area contributed by atoms with Gasteiger partial charge in [-0.1, -0.05) is 0 Å². The van der Waals surface area contributed by atoms with Gasteiger partial charge < -0.3 is 20.2 Å². The summed E-state index contributed by atoms with van der Waals surface area (Å²) in [6.07, 6.45) is 0. The number of nitrogens with two attached hydrogens (primary N) is 1. The third-order valence-electron chi connectivity index (χ3n) is 2.19. The quantitative estimate of drug-likeness (QED) is 0.772. The average Bonchev–Trinajstić information content (AvgIpc) is 2.55. The van der Waals surface area contributed by atoms with Crippen LogP contribution in [0.3, 0.4) is 0 Å². The van der Waals surface area contributed by atoms with Crippen LogP contribution in [0.4, 0.5) is 5.69 Å². The average molecular weight is 240 g/mol. The van der Waals surface area contributed by atoms with Crippen LogP contribution >= 0.6 is 0 Å². The van der Waals surface area contributed by atoms with Gasteiger partial charge in [-0.3, -0.25) is 0 Å². The highest BCUT2D eigenvalue weighted by molar-refractivity contribution is 6.04. The van der Waals surface area contributed by atoms with Crippen LogP contribution in [0.1, 0.15) is 40.4 Å². The summed E-state index contributed by atoms with van der Waals surface area (Å²) >= 11 is 0. The van der Waals surface area contributed by atoms with Gasteiger partial charge in [0.15, 0.2) is 0 Å². The van der Waals surface area contributed by atoms with Gasteiger partial charge in [0.05, 0.1) is 18.9 Å². The molecule has 0 atom stereocenters. The third kappa shape index (κ3) is 2.58. The predicted octanol–water partition coefficient (Wildman–Crippen LogP) is 1.26. The first kappa shape index (κ1) is 13.1. The lowest BCUT2D eigenvalue weighted by atomic mass is 10.2. The van der Waals surface area contributed by atoms with E-state index in [-0.39, 0.29) is 30.2 Å². The molecule has 0 saturated carbocycles. The number of aromatic nitrogens is 1. The van der Waals surface area contributed by atoms with E-state index < -0.39 is 11.9 Å². The summed E-state index contributed by atoms with van der Waals surface area (Å²) in [4.78, 5) is 25.9. The highest BCUT2D eigenvalue weighted by Gasteiger charge is 2.24. The molecule has 0 amide bonds. The smallest absolute Gasteiger partial charge is 0.356 e. The van der Waals surface area contributed by atoms with E-state index in [2.05, 4.69) is 4.98 Å². The molecule has 0 aromatic carbocycles. The van der Waals surface area contributed by atoms with Crippen LogP contribution in [0, 0.1) is 6.92 Å². The zero-order valence-corrected chi connectivity index (χ0v) is 10.1. The number of aryl methyl sites for hydroxylation is 1. The Balaban J connectivity index is 3.09. The zero-order chi connectivity index (χ0) is 13.0. The van der Waals surface area contributed by atoms with E-state index in [1.807, 2.05) is 0 Å². The second-order valence-electron chi connectivity index (χ2n) is 3.35. The lowest BCUT2D eigenvalue weighted by molar-refractivity contribution is 0.0518. The fourth-order valence-electron chi connectivity index (χ4n) is 1.47. The van der Waals surface area contributed by atoms with Gasteiger partial charge in [-0.05, 0) is 20.8 Å². The van der Waals surface area contributed by atoms with Crippen molar-refractivity contribution in [2.75, 3.05) is 18.9 Å². The zero-order valence-electron chi connectivity index (χ0n) is 10.1. The highest BCUT2D eigenvalue weighted by atomic mass is 16.5. The van der Waals surface area contributed by atoms with Crippen molar-refractivity contribution in [2.45, 2.75) is 20.8 Å². The highest BCUT2D eigenvalue weighted by Crippen LogP contribution is 2.23. The summed E-state index contributed by atoms with van der Waals surface area (Å²) < 4.78 is 9.67. The molecule has 1 aromatic heterocycles. The molecule has 0 fully saturated rings. The third-order valence-corrected chi connectivity index (χ3v) is 2.19. The second-order valence-corrected chi connectivity index (χ2v) is 3.35. The van der Waals surface area contributed by atoms with Gasteiger partial charge >= 0.3 is 11.9 Å². The minimum atomic E-state index is -0.580. The Bertz CT molecular complexity index is 437. The summed E-state index contributed by atoms with van der Waals surface area (Å²) in [6.45, 7) is 5.52. The molecule has 0 unspecified atom stereocenters. The van der Waals surface area contributed by atoms with Gasteiger partial charge in [0.2, 0.25) is 0 Å². The Kier molecular flexibility index (Phi) is 4.14. The van der Waals surface area contributed by atoms with E-state index in [1.54, 1.807) is 20.8 Å². The van der Waals surface area contributed by atoms with Crippen molar-refractivity contribution in [3.8, 4) is 0 Å². The van der Waals surface area contributed by atoms with Crippen molar-refractivity contribution < 1.29 is 19.1 Å². The van der Waals surface area contributed by atoms with E-state index in [9.17, 15) is 9.59 Å². The number of anilines is 1. The molecular formula is C11H16N2O4. The molecule has 0 bridgehead atoms. The van der Waals surface area contributed by atoms with Crippen LogP contribution in [0.2, 0.25) is 0 Å². The molecule has 0 radical (unpaired) electrons. The van der Waals surface area contributed by atoms with Crippen LogP contribution < -0.4 is 5.73 Å². The molecule has 0 saturated heterocycles. The van der Waals surface area contributed by atoms with Crippen molar-refractivity contribution >= 4 is 17.6 Å². The normalized spacial score (nSPS) is 10.1. The molecule has 1 heterocycles. The number of hydrogen-bond donors (Lipinski definition) is 2. The van der Waals surface area contributed by atoms with Crippen molar-refractivity contribution in [3.63, 3.8) is 0 Å². The maximum absolute atomic E-state index is 11.6. The number of hydrogen-bond acceptors (Lipinski definition) is 5. The molecule has 1 aromatic rings. The van der Waals surface area contributed by atoms with Gasteiger partial charge in [0.25, 0.3) is 0 Å². The monoisotopic (exact) mass is 240 g/mol. The first-order valence-electron chi connectivity index (χ1n) is 5.35. The molecule has 6 nitrogen and oxygen atoms in total. The second kappa shape index (κ2) is 5.38. The SMILES string of the molecule is CCOC(=O)c1[nH]c(C)c(C(=O)OCC)c1N. The number of nitrogen functional groups attached to an aromatic ring is 1. The number of rotatable bonds is 4. The summed E-state index contributed by atoms with van der Waals surface area (Å²) in [7, 11) is 0. The molecule has 17 heavy (non-hydrogen) atoms. The molecule has 0 aliphatic heterocycles. The number of H-pyrrole nitrogens is 1. The first-order chi connectivity index (χ1) is 8.02. The maximum Gasteiger partial charge on any atom is 0.356 e. The number of nitrogens with one attached hydrogen (secondary N) is 1. The fraction of sp³-hybridized carbons (Fsp3) is 0.455. The first-order valence-corrected chi connectivity index (χ1v) is 5.35. The fourth-order valence-corrected chi connectivity index (χ4v) is 1.47. The van der Waals surface area contributed by atoms with Crippen LogP contribution in [-0.4, -0.2) is 30.1 Å². The minimum absolute atomic E-state index is 0.0689. The van der Waals surface area contributed by atoms with Gasteiger partial charge in [-0.25, -0.2) is 9.59 Å². The van der Waals surface area contributed by atoms with E-state index in [4.69, 9.17) is 15.2 Å². The Morgan fingerprint density at radius 2 is 1.71 bits per heavy atom. The number of aromatic amines is 1. The summed E-state index contributed by atoms with van der Waals surface area (Å²) in [5.74, 6) is -1.13. The number of esters is 2. The van der Waals surface area contributed by atoms with E-state index in [0.717, 1.165) is 0 Å². The van der Waals surface area contributed by atoms with Gasteiger partial charge in [-0.15, -0.1) is 0 Å². The topological polar surface area (TPSA) is 94.4 Å². The number of carbonyl (C=O) groups excluding carboxylic acids is 2. The van der Waals surface area contributed by atoms with Crippen LogP contribution in [-0.2, 0) is 9.47 Å². The van der Waals surface area contributed by atoms with Crippen molar-refractivity contribution in [3.05, 3.63) is 17.0 Å². The molecule has 6 heteroatoms. The maximum atomic E-state index is 11.6. The van der Waals surface area contributed by atoms with Crippen molar-refractivity contribution in [1.82, 2.24) is 4.98 Å². The summed E-state index contributed by atoms with van der Waals surface area (Å²) in [6, 6.07) is 0. The van der Waals surface area contributed by atoms with Crippen molar-refractivity contribution in [2.24, 2.45) is 0 Å². The molecule has 0 aliphatic rings. The molecule has 0 aliphatic carbocycles. The standard InChI is InChI=1S/C11H16N2O4/c1-4-16-10(14)7-6(3)13-9(8(7)12)11(15)17-5-2/h13H,4-5,12H2,1-3H3. The van der Waals surface area contributed by atoms with Crippen LogP contribution in [0.5, 0.6) is 0 Å². The lowest BCUT2D eigenvalue weighted by Gasteiger charge is -2.02. The van der Waals surface area contributed by atoms with E-state index >= 15 is 0 Å². The summed E-state index contributed by atoms with van der Waals surface area (Å²) in [5.41, 5.74) is 6.57. The van der Waals surface area contributed by atoms with Gasteiger partial charge in [0, 0.05) is 5.69 Å². The Morgan fingerprint density at radius 1 is 1.18 bits per heavy atom. The van der Waals surface area contributed by atoms with E-state index in [1.165, 1.54) is 0 Å². The Hall–Kier alpha value is -1.98. The number of carbonyl (C=O) groups is 2. The predicted molar refractivity (Wildman–Crippen MR) is 61.9 cm³/mol. The molecular weight excluding hydrogens is 224 g/mol. The number of ether oxygens (including phenoxy) is 2. The Morgan fingerprint density at radius 3 is 2.24 bits per heavy atom. The minimum Gasteiger partial charge on any atom is -0.462 e. The van der Waals surface area contributed by atoms with E-state index in [0.29, 0.717) is 5.69 Å².